The maximum atomic E-state index is 12.1. The smallest absolute Gasteiger partial charge is 0.272 e. The molecule has 0 aliphatic carbocycles. The van der Waals surface area contributed by atoms with Crippen molar-refractivity contribution in [3.8, 4) is 5.75 Å². The molecule has 1 aromatic carbocycles. The van der Waals surface area contributed by atoms with Gasteiger partial charge in [0.2, 0.25) is 0 Å². The first kappa shape index (κ1) is 17.8. The predicted molar refractivity (Wildman–Crippen MR) is 105 cm³/mol. The lowest BCUT2D eigenvalue weighted by Crippen LogP contribution is -2.20. The Morgan fingerprint density at radius 2 is 2.04 bits per heavy atom. The monoisotopic (exact) mass is 366 g/mol. The number of likely N-dealkylation sites (tertiary alicyclic amines) is 1. The molecule has 1 atom stereocenters. The van der Waals surface area contributed by atoms with Gasteiger partial charge in [-0.05, 0) is 51.4 Å². The van der Waals surface area contributed by atoms with Gasteiger partial charge in [0, 0.05) is 42.5 Å². The van der Waals surface area contributed by atoms with E-state index in [0.29, 0.717) is 11.6 Å². The Bertz CT molecular complexity index is 988. The molecular formula is C21H26N4O2. The van der Waals surface area contributed by atoms with Crippen molar-refractivity contribution in [1.29, 1.82) is 0 Å². The van der Waals surface area contributed by atoms with Crippen LogP contribution in [-0.4, -0.2) is 38.7 Å². The summed E-state index contributed by atoms with van der Waals surface area (Å²) in [5.74, 6) is 1.31. The Balaban J connectivity index is 1.43. The number of fused-ring (bicyclic) bond motifs is 1. The summed E-state index contributed by atoms with van der Waals surface area (Å²) in [5, 5.41) is 3.24. The van der Waals surface area contributed by atoms with Gasteiger partial charge in [-0.3, -0.25) is 14.8 Å². The molecule has 2 aromatic heterocycles. The SMILES string of the molecule is Cc1cc(=O)n2[nH]c(C3CCN(Cc4ccc(OC(C)C)cc4)C3)cc2n1. The number of aryl methyl sites for hydroxylation is 1. The van der Waals surface area contributed by atoms with Gasteiger partial charge in [0.15, 0.2) is 5.65 Å². The van der Waals surface area contributed by atoms with E-state index in [1.807, 2.05) is 39.0 Å². The van der Waals surface area contributed by atoms with Crippen LogP contribution in [0.25, 0.3) is 5.65 Å². The molecule has 0 spiro atoms. The number of H-pyrrole nitrogens is 1. The summed E-state index contributed by atoms with van der Waals surface area (Å²) in [6, 6.07) is 11.9. The highest BCUT2D eigenvalue weighted by molar-refractivity contribution is 5.41. The largest absolute Gasteiger partial charge is 0.491 e. The van der Waals surface area contributed by atoms with E-state index in [1.54, 1.807) is 10.6 Å². The third kappa shape index (κ3) is 3.90. The van der Waals surface area contributed by atoms with Crippen LogP contribution in [0.1, 0.15) is 43.1 Å². The quantitative estimate of drug-likeness (QED) is 0.754. The Kier molecular flexibility index (Phi) is 4.74. The third-order valence-electron chi connectivity index (χ3n) is 5.01. The lowest BCUT2D eigenvalue weighted by atomic mass is 10.1. The average Bonchev–Trinajstić information content (AvgIpc) is 3.23. The van der Waals surface area contributed by atoms with Crippen LogP contribution in [0.4, 0.5) is 0 Å². The number of aromatic nitrogens is 3. The fourth-order valence-electron chi connectivity index (χ4n) is 3.77. The van der Waals surface area contributed by atoms with Gasteiger partial charge in [0.1, 0.15) is 5.75 Å². The second kappa shape index (κ2) is 7.19. The van der Waals surface area contributed by atoms with Crippen LogP contribution in [0.5, 0.6) is 5.75 Å². The molecule has 1 aliphatic heterocycles. The summed E-state index contributed by atoms with van der Waals surface area (Å²) >= 11 is 0. The number of rotatable bonds is 5. The summed E-state index contributed by atoms with van der Waals surface area (Å²) in [6.07, 6.45) is 1.27. The standard InChI is InChI=1S/C21H26N4O2/c1-14(2)27-18-6-4-16(5-7-18)12-24-9-8-17(13-24)19-11-20-22-15(3)10-21(26)25(20)23-19/h4-7,10-11,14,17,23H,8-9,12-13H2,1-3H3. The molecule has 27 heavy (non-hydrogen) atoms. The van der Waals surface area contributed by atoms with E-state index >= 15 is 0 Å². The number of ether oxygens (including phenoxy) is 1. The molecule has 0 bridgehead atoms. The fraction of sp³-hybridized carbons (Fsp3) is 0.429. The first-order valence-corrected chi connectivity index (χ1v) is 9.55. The molecule has 1 fully saturated rings. The van der Waals surface area contributed by atoms with Crippen LogP contribution in [0.3, 0.4) is 0 Å². The van der Waals surface area contributed by atoms with E-state index in [1.165, 1.54) is 5.56 Å². The Morgan fingerprint density at radius 1 is 1.26 bits per heavy atom. The predicted octanol–water partition coefficient (Wildman–Crippen LogP) is 3.11. The van der Waals surface area contributed by atoms with Gasteiger partial charge in [-0.25, -0.2) is 9.50 Å². The van der Waals surface area contributed by atoms with Crippen molar-refractivity contribution in [2.24, 2.45) is 0 Å². The summed E-state index contributed by atoms with van der Waals surface area (Å²) in [4.78, 5) is 19.0. The number of nitrogens with zero attached hydrogens (tertiary/aromatic N) is 3. The molecule has 1 aliphatic rings. The van der Waals surface area contributed by atoms with Crippen LogP contribution in [0.2, 0.25) is 0 Å². The van der Waals surface area contributed by atoms with Gasteiger partial charge in [-0.1, -0.05) is 12.1 Å². The Morgan fingerprint density at radius 3 is 2.78 bits per heavy atom. The molecule has 3 heterocycles. The van der Waals surface area contributed by atoms with Crippen molar-refractivity contribution < 1.29 is 4.74 Å². The molecule has 6 nitrogen and oxygen atoms in total. The van der Waals surface area contributed by atoms with Crippen molar-refractivity contribution in [1.82, 2.24) is 19.5 Å². The first-order chi connectivity index (χ1) is 13.0. The van der Waals surface area contributed by atoms with Crippen LogP contribution in [0, 0.1) is 6.92 Å². The first-order valence-electron chi connectivity index (χ1n) is 9.55. The van der Waals surface area contributed by atoms with Gasteiger partial charge in [-0.15, -0.1) is 0 Å². The number of benzene rings is 1. The number of nitrogens with one attached hydrogen (secondary N) is 1. The summed E-state index contributed by atoms with van der Waals surface area (Å²) in [5.41, 5.74) is 3.78. The summed E-state index contributed by atoms with van der Waals surface area (Å²) in [6.45, 7) is 8.87. The van der Waals surface area contributed by atoms with Crippen LogP contribution >= 0.6 is 0 Å². The molecule has 4 rings (SSSR count). The zero-order valence-electron chi connectivity index (χ0n) is 16.1. The molecule has 0 radical (unpaired) electrons. The highest BCUT2D eigenvalue weighted by atomic mass is 16.5. The zero-order valence-corrected chi connectivity index (χ0v) is 16.1. The summed E-state index contributed by atoms with van der Waals surface area (Å²) in [7, 11) is 0. The summed E-state index contributed by atoms with van der Waals surface area (Å²) < 4.78 is 7.25. The fourth-order valence-corrected chi connectivity index (χ4v) is 3.77. The van der Waals surface area contributed by atoms with Crippen LogP contribution in [-0.2, 0) is 6.54 Å². The van der Waals surface area contributed by atoms with E-state index in [4.69, 9.17) is 4.74 Å². The van der Waals surface area contributed by atoms with Gasteiger partial charge in [0.25, 0.3) is 5.56 Å². The van der Waals surface area contributed by atoms with Crippen molar-refractivity contribution in [3.63, 3.8) is 0 Å². The zero-order chi connectivity index (χ0) is 19.0. The number of aromatic amines is 1. The maximum Gasteiger partial charge on any atom is 0.272 e. The van der Waals surface area contributed by atoms with Gasteiger partial charge < -0.3 is 4.74 Å². The molecule has 0 saturated carbocycles. The molecule has 1 unspecified atom stereocenters. The maximum absolute atomic E-state index is 12.1. The number of hydrogen-bond acceptors (Lipinski definition) is 4. The molecule has 1 saturated heterocycles. The lowest BCUT2D eigenvalue weighted by Gasteiger charge is -2.16. The van der Waals surface area contributed by atoms with Crippen molar-refractivity contribution in [2.45, 2.75) is 45.8 Å². The Labute approximate surface area is 158 Å². The molecule has 3 aromatic rings. The molecule has 1 N–H and O–H groups in total. The van der Waals surface area contributed by atoms with E-state index in [-0.39, 0.29) is 11.7 Å². The Hall–Kier alpha value is -2.60. The van der Waals surface area contributed by atoms with Crippen LogP contribution in [0.15, 0.2) is 41.2 Å². The van der Waals surface area contributed by atoms with Crippen LogP contribution < -0.4 is 10.3 Å². The molecule has 6 heteroatoms. The minimum atomic E-state index is -0.0534. The van der Waals surface area contributed by atoms with Crippen molar-refractivity contribution in [3.05, 3.63) is 63.7 Å². The van der Waals surface area contributed by atoms with Gasteiger partial charge >= 0.3 is 0 Å². The van der Waals surface area contributed by atoms with Gasteiger partial charge in [-0.2, -0.15) is 0 Å². The number of hydrogen-bond donors (Lipinski definition) is 1. The van der Waals surface area contributed by atoms with Crippen molar-refractivity contribution in [2.75, 3.05) is 13.1 Å². The minimum Gasteiger partial charge on any atom is -0.491 e. The van der Waals surface area contributed by atoms with E-state index in [9.17, 15) is 4.79 Å². The lowest BCUT2D eigenvalue weighted by molar-refractivity contribution is 0.242. The van der Waals surface area contributed by atoms with E-state index < -0.39 is 0 Å². The van der Waals surface area contributed by atoms with E-state index in [0.717, 1.165) is 43.2 Å². The highest BCUT2D eigenvalue weighted by Crippen LogP contribution is 2.28. The average molecular weight is 366 g/mol. The molecular weight excluding hydrogens is 340 g/mol. The normalized spacial score (nSPS) is 17.9. The topological polar surface area (TPSA) is 62.6 Å². The third-order valence-corrected chi connectivity index (χ3v) is 5.01. The van der Waals surface area contributed by atoms with E-state index in [2.05, 4.69) is 27.1 Å². The molecule has 0 amide bonds. The minimum absolute atomic E-state index is 0.0534. The van der Waals surface area contributed by atoms with Crippen molar-refractivity contribution >= 4 is 5.65 Å². The highest BCUT2D eigenvalue weighted by Gasteiger charge is 2.25. The van der Waals surface area contributed by atoms with Gasteiger partial charge in [0.05, 0.1) is 6.10 Å². The molecule has 142 valence electrons. The second-order valence-electron chi connectivity index (χ2n) is 7.67. The second-order valence-corrected chi connectivity index (χ2v) is 7.67.